The topological polar surface area (TPSA) is 83.5 Å². The molecule has 0 heterocycles. The summed E-state index contributed by atoms with van der Waals surface area (Å²) in [6.45, 7) is 5.50. The number of carboxylic acid groups (broad SMARTS) is 1. The van der Waals surface area contributed by atoms with Crippen LogP contribution in [0.3, 0.4) is 0 Å². The highest BCUT2D eigenvalue weighted by Gasteiger charge is 2.22. The Morgan fingerprint density at radius 1 is 1.38 bits per heavy atom. The van der Waals surface area contributed by atoms with Crippen LogP contribution in [0.25, 0.3) is 0 Å². The van der Waals surface area contributed by atoms with E-state index >= 15 is 0 Å². The lowest BCUT2D eigenvalue weighted by Gasteiger charge is -2.15. The minimum Gasteiger partial charge on any atom is -0.481 e. The summed E-state index contributed by atoms with van der Waals surface area (Å²) in [6, 6.07) is 4.69. The number of hydrogen-bond acceptors (Lipinski definition) is 3. The van der Waals surface area contributed by atoms with Crippen LogP contribution in [0, 0.1) is 18.8 Å². The summed E-state index contributed by atoms with van der Waals surface area (Å²) in [5.41, 5.74) is 0.801. The van der Waals surface area contributed by atoms with Crippen molar-refractivity contribution in [1.29, 1.82) is 0 Å². The van der Waals surface area contributed by atoms with Gasteiger partial charge in [0.25, 0.3) is 0 Å². The molecule has 7 heteroatoms. The van der Waals surface area contributed by atoms with Crippen LogP contribution < -0.4 is 4.72 Å². The molecule has 21 heavy (non-hydrogen) atoms. The molecule has 0 spiro atoms. The third-order valence-electron chi connectivity index (χ3n) is 3.06. The molecule has 0 aromatic heterocycles. The molecule has 1 unspecified atom stereocenters. The molecule has 2 N–H and O–H groups in total. The van der Waals surface area contributed by atoms with Crippen LogP contribution in [0.15, 0.2) is 27.6 Å². The second-order valence-electron chi connectivity index (χ2n) is 5.43. The van der Waals surface area contributed by atoms with Crippen LogP contribution in [-0.4, -0.2) is 26.0 Å². The van der Waals surface area contributed by atoms with Gasteiger partial charge in [0.2, 0.25) is 10.0 Å². The first kappa shape index (κ1) is 18.1. The molecule has 0 aliphatic heterocycles. The number of rotatable bonds is 7. The minimum absolute atomic E-state index is 0.106. The van der Waals surface area contributed by atoms with Crippen molar-refractivity contribution in [3.05, 3.63) is 28.2 Å². The lowest BCUT2D eigenvalue weighted by molar-refractivity contribution is -0.142. The molecule has 1 rings (SSSR count). The number of aryl methyl sites for hydroxylation is 1. The summed E-state index contributed by atoms with van der Waals surface area (Å²) in [7, 11) is -3.70. The molecule has 1 atom stereocenters. The van der Waals surface area contributed by atoms with E-state index in [2.05, 4.69) is 20.7 Å². The highest BCUT2D eigenvalue weighted by Crippen LogP contribution is 2.20. The van der Waals surface area contributed by atoms with Gasteiger partial charge in [0.15, 0.2) is 0 Å². The minimum atomic E-state index is -3.70. The van der Waals surface area contributed by atoms with Gasteiger partial charge in [0.1, 0.15) is 0 Å². The van der Waals surface area contributed by atoms with E-state index in [1.54, 1.807) is 19.1 Å². The second-order valence-corrected chi connectivity index (χ2v) is 8.05. The van der Waals surface area contributed by atoms with Gasteiger partial charge in [0.05, 0.1) is 10.8 Å². The van der Waals surface area contributed by atoms with Crippen molar-refractivity contribution in [2.24, 2.45) is 11.8 Å². The van der Waals surface area contributed by atoms with E-state index in [0.717, 1.165) is 10.0 Å². The van der Waals surface area contributed by atoms with Crippen LogP contribution in [0.4, 0.5) is 0 Å². The van der Waals surface area contributed by atoms with Crippen LogP contribution >= 0.6 is 15.9 Å². The number of carbonyl (C=O) groups is 1. The summed E-state index contributed by atoms with van der Waals surface area (Å²) in [4.78, 5) is 11.3. The number of aliphatic carboxylic acids is 1. The molecule has 1 aromatic carbocycles. The van der Waals surface area contributed by atoms with Gasteiger partial charge in [0, 0.05) is 11.0 Å². The zero-order valence-corrected chi connectivity index (χ0v) is 14.7. The summed E-state index contributed by atoms with van der Waals surface area (Å²) < 4.78 is 27.6. The number of carboxylic acids is 1. The first-order valence-corrected chi connectivity index (χ1v) is 8.89. The van der Waals surface area contributed by atoms with Crippen molar-refractivity contribution in [1.82, 2.24) is 4.72 Å². The van der Waals surface area contributed by atoms with Gasteiger partial charge < -0.3 is 5.11 Å². The number of benzene rings is 1. The number of nitrogens with one attached hydrogen (secondary N) is 1. The smallest absolute Gasteiger partial charge is 0.307 e. The molecule has 0 radical (unpaired) electrons. The number of halogens is 1. The van der Waals surface area contributed by atoms with Gasteiger partial charge >= 0.3 is 5.97 Å². The third-order valence-corrected chi connectivity index (χ3v) is 5.38. The maximum absolute atomic E-state index is 12.2. The zero-order chi connectivity index (χ0) is 16.2. The van der Waals surface area contributed by atoms with Crippen molar-refractivity contribution in [3.63, 3.8) is 0 Å². The quantitative estimate of drug-likeness (QED) is 0.764. The van der Waals surface area contributed by atoms with Crippen LogP contribution in [-0.2, 0) is 14.8 Å². The Balaban J connectivity index is 2.84. The predicted molar refractivity (Wildman–Crippen MR) is 84.6 cm³/mol. The molecule has 118 valence electrons. The molecule has 0 saturated carbocycles. The van der Waals surface area contributed by atoms with Crippen molar-refractivity contribution < 1.29 is 18.3 Å². The van der Waals surface area contributed by atoms with Gasteiger partial charge in [-0.15, -0.1) is 0 Å². The molecule has 0 aliphatic carbocycles. The fourth-order valence-corrected chi connectivity index (χ4v) is 3.33. The second kappa shape index (κ2) is 7.38. The first-order chi connectivity index (χ1) is 9.63. The SMILES string of the molecule is Cc1cc(S(=O)(=O)NCC(CC(C)C)C(=O)O)ccc1Br. The van der Waals surface area contributed by atoms with Crippen LogP contribution in [0.5, 0.6) is 0 Å². The van der Waals surface area contributed by atoms with E-state index in [1.165, 1.54) is 6.07 Å². The third kappa shape index (κ3) is 5.41. The predicted octanol–water partition coefficient (Wildman–Crippen LogP) is 2.78. The van der Waals surface area contributed by atoms with Crippen molar-refractivity contribution >= 4 is 31.9 Å². The van der Waals surface area contributed by atoms with Crippen LogP contribution in [0.2, 0.25) is 0 Å². The molecule has 0 saturated heterocycles. The Morgan fingerprint density at radius 3 is 2.48 bits per heavy atom. The first-order valence-electron chi connectivity index (χ1n) is 6.62. The average Bonchev–Trinajstić information content (AvgIpc) is 2.37. The standard InChI is InChI=1S/C14H20BrNO4S/c1-9(2)6-11(14(17)18)8-16-21(19,20)12-4-5-13(15)10(3)7-12/h4-5,7,9,11,16H,6,8H2,1-3H3,(H,17,18). The van der Waals surface area contributed by atoms with Gasteiger partial charge in [-0.1, -0.05) is 29.8 Å². The maximum Gasteiger partial charge on any atom is 0.307 e. The molecule has 0 fully saturated rings. The van der Waals surface area contributed by atoms with E-state index in [1.807, 2.05) is 13.8 Å². The maximum atomic E-state index is 12.2. The van der Waals surface area contributed by atoms with Gasteiger partial charge in [-0.3, -0.25) is 4.79 Å². The Kier molecular flexibility index (Phi) is 6.37. The molecule has 5 nitrogen and oxygen atoms in total. The van der Waals surface area contributed by atoms with Crippen molar-refractivity contribution in [2.75, 3.05) is 6.54 Å². The van der Waals surface area contributed by atoms with Crippen molar-refractivity contribution in [2.45, 2.75) is 32.1 Å². The Bertz CT molecular complexity index is 613. The lowest BCUT2D eigenvalue weighted by Crippen LogP contribution is -2.33. The molecular formula is C14H20BrNO4S. The number of hydrogen-bond donors (Lipinski definition) is 2. The van der Waals surface area contributed by atoms with E-state index in [-0.39, 0.29) is 17.4 Å². The molecule has 0 amide bonds. The molecule has 0 aliphatic rings. The summed E-state index contributed by atoms with van der Waals surface area (Å²) in [5, 5.41) is 9.13. The summed E-state index contributed by atoms with van der Waals surface area (Å²) in [6.07, 6.45) is 0.428. The van der Waals surface area contributed by atoms with E-state index < -0.39 is 21.9 Å². The van der Waals surface area contributed by atoms with Crippen molar-refractivity contribution in [3.8, 4) is 0 Å². The molecule has 0 bridgehead atoms. The molecular weight excluding hydrogens is 358 g/mol. The van der Waals surface area contributed by atoms with E-state index in [0.29, 0.717) is 6.42 Å². The van der Waals surface area contributed by atoms with Gasteiger partial charge in [-0.2, -0.15) is 0 Å². The van der Waals surface area contributed by atoms with Gasteiger partial charge in [-0.05, 0) is 43.0 Å². The van der Waals surface area contributed by atoms with E-state index in [4.69, 9.17) is 5.11 Å². The number of sulfonamides is 1. The Hall–Kier alpha value is -0.920. The lowest BCUT2D eigenvalue weighted by atomic mass is 9.98. The fraction of sp³-hybridized carbons (Fsp3) is 0.500. The largest absolute Gasteiger partial charge is 0.481 e. The van der Waals surface area contributed by atoms with Crippen LogP contribution in [0.1, 0.15) is 25.8 Å². The summed E-state index contributed by atoms with van der Waals surface area (Å²) in [5.74, 6) is -1.53. The normalized spacial score (nSPS) is 13.4. The fourth-order valence-electron chi connectivity index (χ4n) is 1.92. The van der Waals surface area contributed by atoms with E-state index in [9.17, 15) is 13.2 Å². The highest BCUT2D eigenvalue weighted by molar-refractivity contribution is 9.10. The Morgan fingerprint density at radius 2 is 2.00 bits per heavy atom. The zero-order valence-electron chi connectivity index (χ0n) is 12.3. The van der Waals surface area contributed by atoms with Gasteiger partial charge in [-0.25, -0.2) is 13.1 Å². The highest BCUT2D eigenvalue weighted by atomic mass is 79.9. The monoisotopic (exact) mass is 377 g/mol. The summed E-state index contributed by atoms with van der Waals surface area (Å²) >= 11 is 3.31. The molecule has 1 aromatic rings. The average molecular weight is 378 g/mol. The Labute approximate surface area is 133 Å².